The maximum Gasteiger partial charge on any atom is 0.249 e. The molecule has 4 heteroatoms. The van der Waals surface area contributed by atoms with Gasteiger partial charge in [0.15, 0.2) is 0 Å². The Kier molecular flexibility index (Phi) is 4.70. The Morgan fingerprint density at radius 3 is 2.13 bits per heavy atom. The number of anilines is 2. The number of carbonyl (C=O) groups is 1. The highest BCUT2D eigenvalue weighted by atomic mass is 16.5. The van der Waals surface area contributed by atoms with Gasteiger partial charge in [0.25, 0.3) is 0 Å². The summed E-state index contributed by atoms with van der Waals surface area (Å²) >= 11 is 0. The van der Waals surface area contributed by atoms with Crippen LogP contribution in [0.5, 0.6) is 5.75 Å². The Morgan fingerprint density at radius 1 is 0.871 bits per heavy atom. The molecule has 5 aliphatic rings. The first-order chi connectivity index (χ1) is 15.2. The lowest BCUT2D eigenvalue weighted by Crippen LogP contribution is -2.43. The average molecular weight is 417 g/mol. The van der Waals surface area contributed by atoms with Gasteiger partial charge in [-0.25, -0.2) is 0 Å². The van der Waals surface area contributed by atoms with E-state index in [4.69, 9.17) is 4.74 Å². The number of hydrogen-bond donors (Lipinski definition) is 1. The molecule has 1 saturated heterocycles. The molecule has 0 radical (unpaired) electrons. The SMILES string of the molecule is COc1ccc(N2CCC(Nc3ccc(C4C5CC6CC(C5)CC4C6)cc3)C2=O)cc1. The summed E-state index contributed by atoms with van der Waals surface area (Å²) < 4.78 is 5.23. The molecule has 4 bridgehead atoms. The van der Waals surface area contributed by atoms with E-state index < -0.39 is 0 Å². The molecular formula is C27H32N2O2. The van der Waals surface area contributed by atoms with E-state index in [1.165, 1.54) is 37.7 Å². The number of ether oxygens (including phenoxy) is 1. The van der Waals surface area contributed by atoms with Crippen LogP contribution in [0.4, 0.5) is 11.4 Å². The summed E-state index contributed by atoms with van der Waals surface area (Å²) in [5, 5.41) is 3.49. The molecule has 31 heavy (non-hydrogen) atoms. The van der Waals surface area contributed by atoms with Crippen molar-refractivity contribution >= 4 is 17.3 Å². The first-order valence-electron chi connectivity index (χ1n) is 12.0. The van der Waals surface area contributed by atoms with Gasteiger partial charge >= 0.3 is 0 Å². The molecule has 4 nitrogen and oxygen atoms in total. The van der Waals surface area contributed by atoms with E-state index in [9.17, 15) is 4.79 Å². The maximum absolute atomic E-state index is 13.0. The lowest BCUT2D eigenvalue weighted by atomic mass is 9.51. The average Bonchev–Trinajstić information content (AvgIpc) is 3.14. The molecule has 1 unspecified atom stereocenters. The Labute approximate surface area is 185 Å². The summed E-state index contributed by atoms with van der Waals surface area (Å²) in [6.07, 6.45) is 8.14. The topological polar surface area (TPSA) is 41.6 Å². The molecule has 4 aliphatic carbocycles. The van der Waals surface area contributed by atoms with E-state index in [0.717, 1.165) is 59.7 Å². The minimum absolute atomic E-state index is 0.148. The normalized spacial score (nSPS) is 33.7. The van der Waals surface area contributed by atoms with Crippen molar-refractivity contribution < 1.29 is 9.53 Å². The molecule has 1 amide bonds. The van der Waals surface area contributed by atoms with E-state index in [1.807, 2.05) is 29.2 Å². The van der Waals surface area contributed by atoms with Gasteiger partial charge < -0.3 is 15.0 Å². The molecule has 0 aromatic heterocycles. The van der Waals surface area contributed by atoms with Gasteiger partial charge in [-0.05, 0) is 110 Å². The summed E-state index contributed by atoms with van der Waals surface area (Å²) in [6, 6.07) is 16.6. The predicted molar refractivity (Wildman–Crippen MR) is 124 cm³/mol. The van der Waals surface area contributed by atoms with Crippen molar-refractivity contribution in [3.8, 4) is 5.75 Å². The monoisotopic (exact) mass is 416 g/mol. The van der Waals surface area contributed by atoms with Crippen molar-refractivity contribution in [3.63, 3.8) is 0 Å². The fourth-order valence-electron chi connectivity index (χ4n) is 7.30. The van der Waals surface area contributed by atoms with Crippen molar-refractivity contribution in [2.75, 3.05) is 23.9 Å². The van der Waals surface area contributed by atoms with Gasteiger partial charge in [-0.15, -0.1) is 0 Å². The van der Waals surface area contributed by atoms with Gasteiger partial charge in [-0.3, -0.25) is 4.79 Å². The highest BCUT2D eigenvalue weighted by molar-refractivity contribution is 6.01. The molecule has 1 heterocycles. The van der Waals surface area contributed by atoms with E-state index >= 15 is 0 Å². The molecule has 5 fully saturated rings. The minimum atomic E-state index is -0.158. The van der Waals surface area contributed by atoms with Gasteiger partial charge in [0.1, 0.15) is 11.8 Å². The maximum atomic E-state index is 13.0. The number of methoxy groups -OCH3 is 1. The van der Waals surface area contributed by atoms with Crippen LogP contribution in [0.15, 0.2) is 48.5 Å². The fourth-order valence-corrected chi connectivity index (χ4v) is 7.30. The predicted octanol–water partition coefficient (Wildman–Crippen LogP) is 5.45. The molecule has 7 rings (SSSR count). The lowest BCUT2D eigenvalue weighted by Gasteiger charge is -2.54. The molecule has 1 N–H and O–H groups in total. The summed E-state index contributed by atoms with van der Waals surface area (Å²) in [5.74, 6) is 5.57. The van der Waals surface area contributed by atoms with Crippen LogP contribution in [0, 0.1) is 23.7 Å². The van der Waals surface area contributed by atoms with Crippen LogP contribution in [-0.2, 0) is 4.79 Å². The largest absolute Gasteiger partial charge is 0.497 e. The van der Waals surface area contributed by atoms with E-state index in [2.05, 4.69) is 29.6 Å². The number of hydrogen-bond acceptors (Lipinski definition) is 3. The highest BCUT2D eigenvalue weighted by Crippen LogP contribution is 2.59. The second-order valence-electron chi connectivity index (χ2n) is 10.3. The Bertz CT molecular complexity index is 924. The summed E-state index contributed by atoms with van der Waals surface area (Å²) in [5.41, 5.74) is 3.52. The van der Waals surface area contributed by atoms with Gasteiger partial charge in [-0.1, -0.05) is 12.1 Å². The van der Waals surface area contributed by atoms with Crippen LogP contribution >= 0.6 is 0 Å². The van der Waals surface area contributed by atoms with Gasteiger partial charge in [0, 0.05) is 17.9 Å². The van der Waals surface area contributed by atoms with Crippen molar-refractivity contribution in [3.05, 3.63) is 54.1 Å². The molecule has 4 saturated carbocycles. The van der Waals surface area contributed by atoms with Crippen LogP contribution in [0.25, 0.3) is 0 Å². The number of carbonyl (C=O) groups excluding carboxylic acids is 1. The zero-order valence-corrected chi connectivity index (χ0v) is 18.3. The van der Waals surface area contributed by atoms with Crippen LogP contribution < -0.4 is 15.0 Å². The Balaban J connectivity index is 1.12. The number of rotatable bonds is 5. The van der Waals surface area contributed by atoms with Crippen LogP contribution in [0.2, 0.25) is 0 Å². The molecule has 1 aliphatic heterocycles. The van der Waals surface area contributed by atoms with Gasteiger partial charge in [0.2, 0.25) is 5.91 Å². The Hall–Kier alpha value is -2.49. The summed E-state index contributed by atoms with van der Waals surface area (Å²) in [7, 11) is 1.66. The smallest absolute Gasteiger partial charge is 0.249 e. The highest BCUT2D eigenvalue weighted by Gasteiger charge is 2.48. The van der Waals surface area contributed by atoms with Crippen molar-refractivity contribution in [1.29, 1.82) is 0 Å². The summed E-state index contributed by atoms with van der Waals surface area (Å²) in [4.78, 5) is 14.9. The molecule has 2 aromatic rings. The number of nitrogens with zero attached hydrogens (tertiary/aromatic N) is 1. The van der Waals surface area contributed by atoms with Crippen molar-refractivity contribution in [2.24, 2.45) is 23.7 Å². The first-order valence-corrected chi connectivity index (χ1v) is 12.0. The fraction of sp³-hybridized carbons (Fsp3) is 0.519. The second kappa shape index (κ2) is 7.58. The molecule has 1 atom stereocenters. The molecule has 0 spiro atoms. The number of benzene rings is 2. The van der Waals surface area contributed by atoms with Gasteiger partial charge in [0.05, 0.1) is 7.11 Å². The van der Waals surface area contributed by atoms with Crippen LogP contribution in [-0.4, -0.2) is 25.6 Å². The lowest BCUT2D eigenvalue weighted by molar-refractivity contribution is -0.117. The second-order valence-corrected chi connectivity index (χ2v) is 10.3. The molecule has 162 valence electrons. The molecule has 2 aromatic carbocycles. The van der Waals surface area contributed by atoms with E-state index in [0.29, 0.717) is 0 Å². The van der Waals surface area contributed by atoms with E-state index in [-0.39, 0.29) is 11.9 Å². The third-order valence-corrected chi connectivity index (χ3v) is 8.45. The quantitative estimate of drug-likeness (QED) is 0.704. The molecular weight excluding hydrogens is 384 g/mol. The van der Waals surface area contributed by atoms with Crippen LogP contribution in [0.3, 0.4) is 0 Å². The minimum Gasteiger partial charge on any atom is -0.497 e. The standard InChI is InChI=1S/C27H32N2O2/c1-31-24-8-6-23(7-9-24)29-11-10-25(27(29)30)28-22-4-2-19(3-5-22)26-20-13-17-12-18(15-20)16-21(26)14-17/h2-9,17-18,20-21,25-26,28H,10-16H2,1H3. The number of amides is 1. The Morgan fingerprint density at radius 2 is 1.52 bits per heavy atom. The van der Waals surface area contributed by atoms with E-state index in [1.54, 1.807) is 7.11 Å². The first kappa shape index (κ1) is 19.2. The zero-order valence-electron chi connectivity index (χ0n) is 18.3. The van der Waals surface area contributed by atoms with Crippen LogP contribution in [0.1, 0.15) is 50.0 Å². The summed E-state index contributed by atoms with van der Waals surface area (Å²) in [6.45, 7) is 0.745. The zero-order chi connectivity index (χ0) is 20.9. The van der Waals surface area contributed by atoms with Crippen molar-refractivity contribution in [2.45, 2.75) is 50.5 Å². The third kappa shape index (κ3) is 3.40. The van der Waals surface area contributed by atoms with Crippen molar-refractivity contribution in [1.82, 2.24) is 0 Å². The number of nitrogens with one attached hydrogen (secondary N) is 1. The van der Waals surface area contributed by atoms with Gasteiger partial charge in [-0.2, -0.15) is 0 Å². The third-order valence-electron chi connectivity index (χ3n) is 8.45.